The van der Waals surface area contributed by atoms with E-state index in [-0.39, 0.29) is 11.9 Å². The lowest BCUT2D eigenvalue weighted by Crippen LogP contribution is -2.47. The van der Waals surface area contributed by atoms with Crippen LogP contribution in [-0.2, 0) is 0 Å². The molecule has 1 aromatic carbocycles. The second-order valence-electron chi connectivity index (χ2n) is 6.44. The molecule has 0 spiro atoms. The number of nitrogens with zero attached hydrogens (tertiary/aromatic N) is 3. The number of aryl methyl sites for hydroxylation is 2. The molecule has 1 saturated heterocycles. The molecular formula is C19H24N4O. The van der Waals surface area contributed by atoms with E-state index in [1.165, 1.54) is 0 Å². The van der Waals surface area contributed by atoms with Crippen LogP contribution in [0.25, 0.3) is 11.4 Å². The highest BCUT2D eigenvalue weighted by atomic mass is 16.2. The first-order chi connectivity index (χ1) is 11.6. The quantitative estimate of drug-likeness (QED) is 0.942. The molecule has 1 atom stereocenters. The van der Waals surface area contributed by atoms with Crippen LogP contribution in [0.15, 0.2) is 30.3 Å². The van der Waals surface area contributed by atoms with Crippen molar-refractivity contribution < 1.29 is 4.79 Å². The van der Waals surface area contributed by atoms with Gasteiger partial charge < -0.3 is 10.6 Å². The number of carbonyl (C=O) groups excluding carboxylic acids is 1. The van der Waals surface area contributed by atoms with Gasteiger partial charge in [-0.3, -0.25) is 4.79 Å². The first-order valence-corrected chi connectivity index (χ1v) is 8.52. The Bertz CT molecular complexity index is 706. The molecular weight excluding hydrogens is 300 g/mol. The van der Waals surface area contributed by atoms with Crippen molar-refractivity contribution in [2.45, 2.75) is 39.2 Å². The molecule has 0 unspecified atom stereocenters. The summed E-state index contributed by atoms with van der Waals surface area (Å²) in [6.07, 6.45) is 3.20. The molecule has 3 rings (SSSR count). The van der Waals surface area contributed by atoms with E-state index in [0.717, 1.165) is 42.8 Å². The van der Waals surface area contributed by atoms with Crippen LogP contribution in [0.1, 0.15) is 41.0 Å². The monoisotopic (exact) mass is 324 g/mol. The first kappa shape index (κ1) is 16.6. The summed E-state index contributed by atoms with van der Waals surface area (Å²) < 4.78 is 0. The first-order valence-electron chi connectivity index (χ1n) is 8.52. The predicted octanol–water partition coefficient (Wildman–Crippen LogP) is 2.71. The normalized spacial score (nSPS) is 17.8. The molecule has 0 saturated carbocycles. The summed E-state index contributed by atoms with van der Waals surface area (Å²) in [5, 5.41) is 0. The number of aromatic nitrogens is 2. The summed E-state index contributed by atoms with van der Waals surface area (Å²) in [6.45, 7) is 5.24. The molecule has 1 amide bonds. The van der Waals surface area contributed by atoms with Gasteiger partial charge in [-0.2, -0.15) is 0 Å². The molecule has 2 heterocycles. The third kappa shape index (κ3) is 3.46. The standard InChI is InChI=1S/C19H24N4O/c1-13-11-14(2)22-18(21-13)15-6-8-16(9-7-15)19(24)23-10-4-3-5-17(23)12-20/h6-9,11,17H,3-5,10,12,20H2,1-2H3/t17-/m0/s1. The second kappa shape index (κ2) is 7.09. The van der Waals surface area contributed by atoms with Gasteiger partial charge in [0.05, 0.1) is 0 Å². The van der Waals surface area contributed by atoms with Crippen LogP contribution < -0.4 is 5.73 Å². The van der Waals surface area contributed by atoms with Crippen LogP contribution in [0.3, 0.4) is 0 Å². The number of nitrogens with two attached hydrogens (primary N) is 1. The molecule has 126 valence electrons. The molecule has 0 bridgehead atoms. The van der Waals surface area contributed by atoms with Gasteiger partial charge >= 0.3 is 0 Å². The van der Waals surface area contributed by atoms with E-state index in [9.17, 15) is 4.79 Å². The fraction of sp³-hybridized carbons (Fsp3) is 0.421. The number of carbonyl (C=O) groups is 1. The minimum atomic E-state index is 0.0676. The van der Waals surface area contributed by atoms with Crippen molar-refractivity contribution in [3.8, 4) is 11.4 Å². The van der Waals surface area contributed by atoms with Gasteiger partial charge in [0.1, 0.15) is 0 Å². The van der Waals surface area contributed by atoms with Crippen molar-refractivity contribution in [1.82, 2.24) is 14.9 Å². The third-order valence-corrected chi connectivity index (χ3v) is 4.53. The van der Waals surface area contributed by atoms with Crippen LogP contribution in [-0.4, -0.2) is 39.9 Å². The molecule has 2 N–H and O–H groups in total. The van der Waals surface area contributed by atoms with E-state index in [4.69, 9.17) is 5.73 Å². The fourth-order valence-corrected chi connectivity index (χ4v) is 3.30. The summed E-state index contributed by atoms with van der Waals surface area (Å²) in [6, 6.07) is 9.67. The van der Waals surface area contributed by atoms with Gasteiger partial charge in [-0.1, -0.05) is 12.1 Å². The zero-order valence-electron chi connectivity index (χ0n) is 14.3. The highest BCUT2D eigenvalue weighted by Crippen LogP contribution is 2.21. The van der Waals surface area contributed by atoms with Crippen LogP contribution >= 0.6 is 0 Å². The maximum absolute atomic E-state index is 12.8. The summed E-state index contributed by atoms with van der Waals surface area (Å²) in [7, 11) is 0. The van der Waals surface area contributed by atoms with Gasteiger partial charge in [0.15, 0.2) is 5.82 Å². The van der Waals surface area contributed by atoms with Gasteiger partial charge in [-0.25, -0.2) is 9.97 Å². The van der Waals surface area contributed by atoms with Gasteiger partial charge in [0.2, 0.25) is 0 Å². The molecule has 1 fully saturated rings. The van der Waals surface area contributed by atoms with Gasteiger partial charge in [0.25, 0.3) is 5.91 Å². The van der Waals surface area contributed by atoms with E-state index >= 15 is 0 Å². The molecule has 0 radical (unpaired) electrons. The SMILES string of the molecule is Cc1cc(C)nc(-c2ccc(C(=O)N3CCCC[C@H]3CN)cc2)n1. The number of hydrogen-bond donors (Lipinski definition) is 1. The Labute approximate surface area is 142 Å². The Morgan fingerprint density at radius 1 is 1.17 bits per heavy atom. The van der Waals surface area contributed by atoms with Crippen LogP contribution in [0, 0.1) is 13.8 Å². The summed E-state index contributed by atoms with van der Waals surface area (Å²) >= 11 is 0. The average molecular weight is 324 g/mol. The minimum Gasteiger partial charge on any atom is -0.334 e. The molecule has 5 heteroatoms. The molecule has 24 heavy (non-hydrogen) atoms. The number of likely N-dealkylation sites (tertiary alicyclic amines) is 1. The zero-order valence-corrected chi connectivity index (χ0v) is 14.3. The highest BCUT2D eigenvalue weighted by Gasteiger charge is 2.26. The van der Waals surface area contributed by atoms with Crippen molar-refractivity contribution in [3.63, 3.8) is 0 Å². The maximum Gasteiger partial charge on any atom is 0.254 e. The number of piperidine rings is 1. The summed E-state index contributed by atoms with van der Waals surface area (Å²) in [5.41, 5.74) is 9.33. The van der Waals surface area contributed by atoms with Crippen LogP contribution in [0.5, 0.6) is 0 Å². The number of amides is 1. The largest absolute Gasteiger partial charge is 0.334 e. The Kier molecular flexibility index (Phi) is 4.90. The lowest BCUT2D eigenvalue weighted by Gasteiger charge is -2.35. The van der Waals surface area contributed by atoms with Gasteiger partial charge in [0, 0.05) is 41.6 Å². The zero-order chi connectivity index (χ0) is 17.1. The van der Waals surface area contributed by atoms with E-state index in [0.29, 0.717) is 17.9 Å². The highest BCUT2D eigenvalue weighted by molar-refractivity contribution is 5.95. The Morgan fingerprint density at radius 2 is 1.83 bits per heavy atom. The smallest absolute Gasteiger partial charge is 0.254 e. The molecule has 1 aliphatic rings. The van der Waals surface area contributed by atoms with Crippen molar-refractivity contribution in [1.29, 1.82) is 0 Å². The number of hydrogen-bond acceptors (Lipinski definition) is 4. The summed E-state index contributed by atoms with van der Waals surface area (Å²) in [5.74, 6) is 0.766. The van der Waals surface area contributed by atoms with E-state index in [1.54, 1.807) is 0 Å². The average Bonchev–Trinajstić information content (AvgIpc) is 2.60. The van der Waals surface area contributed by atoms with E-state index < -0.39 is 0 Å². The predicted molar refractivity (Wildman–Crippen MR) is 94.7 cm³/mol. The lowest BCUT2D eigenvalue weighted by molar-refractivity contribution is 0.0623. The Morgan fingerprint density at radius 3 is 2.46 bits per heavy atom. The van der Waals surface area contributed by atoms with Crippen molar-refractivity contribution in [3.05, 3.63) is 47.3 Å². The van der Waals surface area contributed by atoms with Crippen molar-refractivity contribution in [2.24, 2.45) is 5.73 Å². The third-order valence-electron chi connectivity index (χ3n) is 4.53. The molecule has 1 aromatic heterocycles. The van der Waals surface area contributed by atoms with E-state index in [2.05, 4.69) is 9.97 Å². The number of rotatable bonds is 3. The van der Waals surface area contributed by atoms with Crippen LogP contribution in [0.2, 0.25) is 0 Å². The fourth-order valence-electron chi connectivity index (χ4n) is 3.30. The van der Waals surface area contributed by atoms with Crippen molar-refractivity contribution in [2.75, 3.05) is 13.1 Å². The van der Waals surface area contributed by atoms with Crippen LogP contribution in [0.4, 0.5) is 0 Å². The molecule has 1 aliphatic heterocycles. The topological polar surface area (TPSA) is 72.1 Å². The Hall–Kier alpha value is -2.27. The molecule has 0 aliphatic carbocycles. The Balaban J connectivity index is 1.82. The second-order valence-corrected chi connectivity index (χ2v) is 6.44. The van der Waals surface area contributed by atoms with E-state index in [1.807, 2.05) is 49.1 Å². The minimum absolute atomic E-state index is 0.0676. The summed E-state index contributed by atoms with van der Waals surface area (Å²) in [4.78, 5) is 23.6. The maximum atomic E-state index is 12.8. The van der Waals surface area contributed by atoms with Crippen molar-refractivity contribution >= 4 is 5.91 Å². The lowest BCUT2D eigenvalue weighted by atomic mass is 10.0. The van der Waals surface area contributed by atoms with Gasteiger partial charge in [-0.15, -0.1) is 0 Å². The molecule has 2 aromatic rings. The number of benzene rings is 1. The van der Waals surface area contributed by atoms with Gasteiger partial charge in [-0.05, 0) is 51.3 Å². The molecule has 5 nitrogen and oxygen atoms in total.